The van der Waals surface area contributed by atoms with Crippen LogP contribution in [0.1, 0.15) is 40.0 Å². The van der Waals surface area contributed by atoms with Crippen molar-refractivity contribution in [2.45, 2.75) is 87.1 Å². The Morgan fingerprint density at radius 1 is 0.857 bits per heavy atom. The van der Waals surface area contributed by atoms with Gasteiger partial charge in [-0.15, -0.1) is 3.89 Å². The number of ether oxygens (including phenoxy) is 3. The zero-order chi connectivity index (χ0) is 51.7. The highest BCUT2D eigenvalue weighted by atomic mass is 35.5. The van der Waals surface area contributed by atoms with Gasteiger partial charge in [-0.3, -0.25) is 14.8 Å². The number of fused-ring (bicyclic) bond motifs is 4. The van der Waals surface area contributed by atoms with Gasteiger partial charge in [0.15, 0.2) is 5.82 Å². The number of rotatable bonds is 8. The first kappa shape index (κ1) is 53.0. The molecule has 0 saturated carbocycles. The normalized spacial score (nSPS) is 19.5. The molecule has 3 fully saturated rings. The highest BCUT2D eigenvalue weighted by molar-refractivity contribution is 7.86. The minimum Gasteiger partial charge on any atom is -0.489 e. The third kappa shape index (κ3) is 12.7. The Morgan fingerprint density at radius 2 is 1.43 bits per heavy atom. The maximum Gasteiger partial charge on any atom is 0.490 e. The third-order valence-corrected chi connectivity index (χ3v) is 12.2. The van der Waals surface area contributed by atoms with E-state index in [1.165, 1.54) is 12.1 Å². The number of halogens is 9. The first-order valence-corrected chi connectivity index (χ1v) is 22.7. The monoisotopic (exact) mass is 1030 g/mol. The van der Waals surface area contributed by atoms with E-state index < -0.39 is 50.8 Å². The Bertz CT molecular complexity index is 2830. The maximum atomic E-state index is 17.0. The van der Waals surface area contributed by atoms with E-state index in [1.807, 2.05) is 57.0 Å². The van der Waals surface area contributed by atoms with Gasteiger partial charge in [0.25, 0.3) is 0 Å². The van der Waals surface area contributed by atoms with Crippen LogP contribution in [0.2, 0.25) is 5.02 Å². The molecule has 2 aromatic heterocycles. The molecule has 4 atom stereocenters. The Labute approximate surface area is 398 Å². The molecule has 378 valence electrons. The fraction of sp³-hybridized carbons (Fsp3) is 0.409. The summed E-state index contributed by atoms with van der Waals surface area (Å²) in [6.07, 6.45) is -7.04. The molecule has 2 bridgehead atoms. The summed E-state index contributed by atoms with van der Waals surface area (Å²) >= 11 is 6.64. The van der Waals surface area contributed by atoms with Crippen LogP contribution in [0.5, 0.6) is 11.8 Å². The summed E-state index contributed by atoms with van der Waals surface area (Å²) in [4.78, 5) is 50.7. The zero-order valence-corrected chi connectivity index (χ0v) is 38.8. The molecule has 8 rings (SSSR count). The van der Waals surface area contributed by atoms with Gasteiger partial charge in [0, 0.05) is 54.3 Å². The van der Waals surface area contributed by atoms with Crippen LogP contribution in [0.4, 0.5) is 45.2 Å². The van der Waals surface area contributed by atoms with Crippen molar-refractivity contribution < 1.29 is 81.8 Å². The molecule has 3 saturated heterocycles. The molecule has 3 aliphatic rings. The van der Waals surface area contributed by atoms with E-state index in [1.54, 1.807) is 18.3 Å². The lowest BCUT2D eigenvalue weighted by Crippen LogP contribution is -2.57. The minimum atomic E-state index is -5.08. The van der Waals surface area contributed by atoms with E-state index >= 15 is 4.39 Å². The molecule has 16 nitrogen and oxygen atoms in total. The number of hydrogen-bond donors (Lipinski definition) is 2. The second-order valence-electron chi connectivity index (χ2n) is 17.2. The topological polar surface area (TPSA) is 202 Å². The summed E-state index contributed by atoms with van der Waals surface area (Å²) in [6, 6.07) is 15.8. The lowest BCUT2D eigenvalue weighted by atomic mass is 10.0. The largest absolute Gasteiger partial charge is 0.490 e. The molecular formula is C44H43ClF8N6O10S. The molecule has 5 aromatic rings. The van der Waals surface area contributed by atoms with Crippen molar-refractivity contribution in [2.75, 3.05) is 38.2 Å². The number of nitrogens with zero attached hydrogens (tertiary/aromatic N) is 6. The van der Waals surface area contributed by atoms with Crippen molar-refractivity contribution in [3.8, 4) is 23.0 Å². The standard InChI is InChI=1S/C40H41ClF2N6O6S.2C2HF3O2/c1-40(2,3)55-39(50)49-24-11-12-25(49)20-48(19-24)37-31-18-44-35(30-9-5-7-23-8-6-10-32(41)33(23)30)34(42)36(31)45-38(46-37)53-22-26-17-28(21-47(26)4)54-27-13-15-29(16-14-27)56(43,51)52;2*3-2(4,5)1(6)7/h5-10,13-16,18,24-26,28H,11-12,17,19-22H2,1-4H3;2*(H,6,7)/t24-,25+,26-,28+;;/m0../s1. The first-order valence-electron chi connectivity index (χ1n) is 21.0. The predicted molar refractivity (Wildman–Crippen MR) is 235 cm³/mol. The summed E-state index contributed by atoms with van der Waals surface area (Å²) in [5.74, 6) is -5.29. The van der Waals surface area contributed by atoms with E-state index in [2.05, 4.69) is 19.8 Å². The van der Waals surface area contributed by atoms with Crippen LogP contribution in [-0.2, 0) is 24.5 Å². The second kappa shape index (κ2) is 20.6. The van der Waals surface area contributed by atoms with Crippen LogP contribution in [0, 0.1) is 5.82 Å². The number of alkyl halides is 6. The zero-order valence-electron chi connectivity index (χ0n) is 37.3. The highest BCUT2D eigenvalue weighted by Crippen LogP contribution is 2.40. The van der Waals surface area contributed by atoms with Gasteiger partial charge >= 0.3 is 46.6 Å². The molecule has 0 radical (unpaired) electrons. The maximum absolute atomic E-state index is 17.0. The highest BCUT2D eigenvalue weighted by Gasteiger charge is 2.45. The Kier molecular flexibility index (Phi) is 15.6. The number of aromatic nitrogens is 3. The smallest absolute Gasteiger partial charge is 0.489 e. The number of anilines is 1. The molecule has 26 heteroatoms. The molecule has 1 amide bonds. The molecule has 3 aliphatic heterocycles. The van der Waals surface area contributed by atoms with E-state index in [0.29, 0.717) is 59.0 Å². The summed E-state index contributed by atoms with van der Waals surface area (Å²) in [6.45, 7) is 7.15. The number of hydrogen-bond acceptors (Lipinski definition) is 13. The number of benzene rings is 3. The molecule has 0 spiro atoms. The van der Waals surface area contributed by atoms with Gasteiger partial charge in [-0.2, -0.15) is 44.7 Å². The van der Waals surface area contributed by atoms with Crippen molar-refractivity contribution in [2.24, 2.45) is 0 Å². The van der Waals surface area contributed by atoms with Crippen LogP contribution >= 0.6 is 11.6 Å². The fourth-order valence-electron chi connectivity index (χ4n) is 8.05. The quantitative estimate of drug-likeness (QED) is 0.110. The summed E-state index contributed by atoms with van der Waals surface area (Å²) in [5, 5.41) is 16.6. The summed E-state index contributed by atoms with van der Waals surface area (Å²) in [7, 11) is -2.89. The Balaban J connectivity index is 0.000000503. The van der Waals surface area contributed by atoms with Crippen molar-refractivity contribution in [1.29, 1.82) is 0 Å². The average molecular weight is 1040 g/mol. The SMILES string of the molecule is CN1C[C@H](Oc2ccc(S(=O)(=O)F)cc2)C[C@H]1COc1nc(N2C[C@H]3CC[C@@H](C2)N3C(=O)OC(C)(C)C)c2cnc(-c3cccc4cccc(Cl)c34)c(F)c2n1.O=C(O)C(F)(F)F.O=C(O)C(F)(F)F. The van der Waals surface area contributed by atoms with E-state index in [4.69, 9.17) is 50.6 Å². The van der Waals surface area contributed by atoms with Gasteiger partial charge in [-0.05, 0) is 76.4 Å². The van der Waals surface area contributed by atoms with Gasteiger partial charge in [0.2, 0.25) is 0 Å². The van der Waals surface area contributed by atoms with Crippen LogP contribution in [-0.4, -0.2) is 137 Å². The van der Waals surface area contributed by atoms with Gasteiger partial charge in [0.05, 0.1) is 22.4 Å². The second-order valence-corrected chi connectivity index (χ2v) is 19.0. The summed E-state index contributed by atoms with van der Waals surface area (Å²) < 4.78 is 134. The number of carbonyl (C=O) groups is 3. The van der Waals surface area contributed by atoms with Gasteiger partial charge in [-0.1, -0.05) is 41.9 Å². The van der Waals surface area contributed by atoms with Crippen molar-refractivity contribution in [3.05, 3.63) is 77.7 Å². The number of piperazine rings is 1. The number of carboxylic acids is 2. The molecule has 0 unspecified atom stereocenters. The molecule has 0 aliphatic carbocycles. The van der Waals surface area contributed by atoms with Crippen LogP contribution in [0.3, 0.4) is 0 Å². The van der Waals surface area contributed by atoms with Crippen LogP contribution in [0.25, 0.3) is 32.9 Å². The minimum absolute atomic E-state index is 0.0118. The lowest BCUT2D eigenvalue weighted by Gasteiger charge is -2.42. The van der Waals surface area contributed by atoms with Crippen LogP contribution < -0.4 is 14.4 Å². The molecular weight excluding hydrogens is 992 g/mol. The number of likely N-dealkylation sites (tertiary alicyclic amines) is 1. The predicted octanol–water partition coefficient (Wildman–Crippen LogP) is 8.68. The number of amides is 1. The number of carboxylic acid groups (broad SMARTS) is 2. The third-order valence-electron chi connectivity index (χ3n) is 11.1. The number of carbonyl (C=O) groups excluding carboxylic acids is 1. The van der Waals surface area contributed by atoms with Gasteiger partial charge in [-0.25, -0.2) is 18.8 Å². The van der Waals surface area contributed by atoms with Crippen molar-refractivity contribution >= 4 is 67.3 Å². The first-order chi connectivity index (χ1) is 32.5. The number of aliphatic carboxylic acids is 2. The number of pyridine rings is 1. The Morgan fingerprint density at radius 3 is 1.97 bits per heavy atom. The van der Waals surface area contributed by atoms with Crippen molar-refractivity contribution in [1.82, 2.24) is 24.8 Å². The molecule has 5 heterocycles. The molecule has 2 N–H and O–H groups in total. The van der Waals surface area contributed by atoms with Crippen molar-refractivity contribution in [3.63, 3.8) is 0 Å². The number of likely N-dealkylation sites (N-methyl/N-ethyl adjacent to an activating group) is 1. The molecule has 3 aromatic carbocycles. The van der Waals surface area contributed by atoms with E-state index in [9.17, 15) is 43.4 Å². The fourth-order valence-corrected chi connectivity index (χ4v) is 8.79. The Hall–Kier alpha value is -6.34. The summed E-state index contributed by atoms with van der Waals surface area (Å²) in [5.41, 5.74) is 0.0266. The average Bonchev–Trinajstić information content (AvgIpc) is 3.75. The van der Waals surface area contributed by atoms with E-state index in [0.717, 1.165) is 30.4 Å². The van der Waals surface area contributed by atoms with Gasteiger partial charge in [0.1, 0.15) is 41.1 Å². The van der Waals surface area contributed by atoms with Crippen LogP contribution in [0.15, 0.2) is 71.8 Å². The molecule has 70 heavy (non-hydrogen) atoms. The van der Waals surface area contributed by atoms with Gasteiger partial charge < -0.3 is 29.3 Å². The van der Waals surface area contributed by atoms with E-state index in [-0.39, 0.29) is 54.2 Å². The lowest BCUT2D eigenvalue weighted by molar-refractivity contribution is -0.193.